The van der Waals surface area contributed by atoms with E-state index in [4.69, 9.17) is 10.7 Å². The summed E-state index contributed by atoms with van der Waals surface area (Å²) in [5, 5.41) is 3.12. The lowest BCUT2D eigenvalue weighted by molar-refractivity contribution is -0.125. The number of rotatable bonds is 4. The van der Waals surface area contributed by atoms with Crippen molar-refractivity contribution in [3.8, 4) is 0 Å². The SMILES string of the molecule is CCn1c(C(C)NC(=O)C2CCC(N)C2)nc2ccccc21.Cl.Cl. The highest BCUT2D eigenvalue weighted by Crippen LogP contribution is 2.26. The first-order valence-corrected chi connectivity index (χ1v) is 8.11. The van der Waals surface area contributed by atoms with Crippen molar-refractivity contribution in [2.24, 2.45) is 11.7 Å². The van der Waals surface area contributed by atoms with Gasteiger partial charge in [-0.05, 0) is 45.2 Å². The second-order valence-corrected chi connectivity index (χ2v) is 6.20. The lowest BCUT2D eigenvalue weighted by Gasteiger charge is -2.18. The quantitative estimate of drug-likeness (QED) is 0.865. The van der Waals surface area contributed by atoms with Crippen molar-refractivity contribution in [1.82, 2.24) is 14.9 Å². The van der Waals surface area contributed by atoms with Gasteiger partial charge in [-0.15, -0.1) is 24.8 Å². The Morgan fingerprint density at radius 2 is 2.08 bits per heavy atom. The molecule has 3 unspecified atom stereocenters. The number of carbonyl (C=O) groups excluding carboxylic acids is 1. The van der Waals surface area contributed by atoms with Gasteiger partial charge in [-0.2, -0.15) is 0 Å². The average molecular weight is 373 g/mol. The maximum absolute atomic E-state index is 12.4. The van der Waals surface area contributed by atoms with Crippen LogP contribution in [0.25, 0.3) is 11.0 Å². The number of nitrogens with one attached hydrogen (secondary N) is 1. The van der Waals surface area contributed by atoms with Crippen molar-refractivity contribution in [1.29, 1.82) is 0 Å². The zero-order valence-corrected chi connectivity index (χ0v) is 15.7. The van der Waals surface area contributed by atoms with Gasteiger partial charge in [-0.25, -0.2) is 4.98 Å². The molecule has 7 heteroatoms. The van der Waals surface area contributed by atoms with Gasteiger partial charge in [-0.3, -0.25) is 4.79 Å². The molecular weight excluding hydrogens is 347 g/mol. The largest absolute Gasteiger partial charge is 0.346 e. The number of hydrogen-bond acceptors (Lipinski definition) is 3. The van der Waals surface area contributed by atoms with E-state index in [0.29, 0.717) is 0 Å². The maximum atomic E-state index is 12.4. The van der Waals surface area contributed by atoms with Gasteiger partial charge in [0.05, 0.1) is 17.1 Å². The molecule has 0 bridgehead atoms. The molecule has 1 saturated carbocycles. The van der Waals surface area contributed by atoms with Gasteiger partial charge in [0, 0.05) is 18.5 Å². The number of aryl methyl sites for hydroxylation is 1. The van der Waals surface area contributed by atoms with Crippen LogP contribution in [0.5, 0.6) is 0 Å². The van der Waals surface area contributed by atoms with Crippen molar-refractivity contribution < 1.29 is 4.79 Å². The number of imidazole rings is 1. The summed E-state index contributed by atoms with van der Waals surface area (Å²) in [6.07, 6.45) is 2.63. The third-order valence-electron chi connectivity index (χ3n) is 4.59. The maximum Gasteiger partial charge on any atom is 0.223 e. The molecule has 1 amide bonds. The summed E-state index contributed by atoms with van der Waals surface area (Å²) >= 11 is 0. The molecule has 5 nitrogen and oxygen atoms in total. The second-order valence-electron chi connectivity index (χ2n) is 6.20. The fourth-order valence-corrected chi connectivity index (χ4v) is 3.41. The molecule has 134 valence electrons. The van der Waals surface area contributed by atoms with Crippen LogP contribution in [-0.4, -0.2) is 21.5 Å². The summed E-state index contributed by atoms with van der Waals surface area (Å²) in [5.74, 6) is 1.08. The van der Waals surface area contributed by atoms with E-state index in [-0.39, 0.29) is 48.7 Å². The predicted octanol–water partition coefficient (Wildman–Crippen LogP) is 3.20. The molecule has 3 N–H and O–H groups in total. The monoisotopic (exact) mass is 372 g/mol. The van der Waals surface area contributed by atoms with Crippen molar-refractivity contribution in [3.63, 3.8) is 0 Å². The number of nitrogens with two attached hydrogens (primary N) is 1. The van der Waals surface area contributed by atoms with Crippen LogP contribution in [0.1, 0.15) is 45.0 Å². The number of hydrogen-bond donors (Lipinski definition) is 2. The summed E-state index contributed by atoms with van der Waals surface area (Å²) < 4.78 is 2.17. The number of para-hydroxylation sites is 2. The van der Waals surface area contributed by atoms with Crippen molar-refractivity contribution in [2.45, 2.75) is 51.7 Å². The zero-order chi connectivity index (χ0) is 15.7. The number of nitrogens with zero attached hydrogens (tertiary/aromatic N) is 2. The number of carbonyl (C=O) groups is 1. The predicted molar refractivity (Wildman–Crippen MR) is 102 cm³/mol. The lowest BCUT2D eigenvalue weighted by Crippen LogP contribution is -2.33. The van der Waals surface area contributed by atoms with Gasteiger partial charge in [0.15, 0.2) is 0 Å². The van der Waals surface area contributed by atoms with E-state index in [0.717, 1.165) is 42.7 Å². The third kappa shape index (κ3) is 4.02. The molecule has 1 fully saturated rings. The van der Waals surface area contributed by atoms with Crippen LogP contribution in [0.2, 0.25) is 0 Å². The highest BCUT2D eigenvalue weighted by atomic mass is 35.5. The Morgan fingerprint density at radius 3 is 2.71 bits per heavy atom. The van der Waals surface area contributed by atoms with Gasteiger partial charge in [0.2, 0.25) is 5.91 Å². The molecule has 3 atom stereocenters. The van der Waals surface area contributed by atoms with Gasteiger partial charge in [0.25, 0.3) is 0 Å². The standard InChI is InChI=1S/C17H24N4O.2ClH/c1-3-21-15-7-5-4-6-14(15)20-16(21)11(2)19-17(22)12-8-9-13(18)10-12;;/h4-7,11-13H,3,8-10,18H2,1-2H3,(H,19,22);2*1H. The summed E-state index contributed by atoms with van der Waals surface area (Å²) in [7, 11) is 0. The minimum absolute atomic E-state index is 0. The van der Waals surface area contributed by atoms with Crippen LogP contribution < -0.4 is 11.1 Å². The average Bonchev–Trinajstić information content (AvgIpc) is 3.10. The van der Waals surface area contributed by atoms with Crippen LogP contribution in [-0.2, 0) is 11.3 Å². The summed E-state index contributed by atoms with van der Waals surface area (Å²) in [6.45, 7) is 4.94. The Labute approximate surface area is 155 Å². The normalized spacial score (nSPS) is 21.0. The molecule has 24 heavy (non-hydrogen) atoms. The van der Waals surface area contributed by atoms with E-state index < -0.39 is 0 Å². The Hall–Kier alpha value is -1.30. The molecular formula is C17H26Cl2N4O. The first kappa shape index (κ1) is 20.7. The molecule has 0 saturated heterocycles. The number of amides is 1. The highest BCUT2D eigenvalue weighted by molar-refractivity contribution is 5.85. The number of halogens is 2. The molecule has 3 rings (SSSR count). The van der Waals surface area contributed by atoms with E-state index in [2.05, 4.69) is 22.9 Å². The van der Waals surface area contributed by atoms with E-state index in [1.165, 1.54) is 0 Å². The zero-order valence-electron chi connectivity index (χ0n) is 14.1. The van der Waals surface area contributed by atoms with Crippen molar-refractivity contribution in [2.75, 3.05) is 0 Å². The lowest BCUT2D eigenvalue weighted by atomic mass is 10.1. The third-order valence-corrected chi connectivity index (χ3v) is 4.59. The van der Waals surface area contributed by atoms with Crippen LogP contribution in [0.3, 0.4) is 0 Å². The van der Waals surface area contributed by atoms with E-state index in [1.54, 1.807) is 0 Å². The van der Waals surface area contributed by atoms with E-state index in [1.807, 2.05) is 25.1 Å². The highest BCUT2D eigenvalue weighted by Gasteiger charge is 2.29. The Bertz CT molecular complexity index is 688. The van der Waals surface area contributed by atoms with Gasteiger partial charge >= 0.3 is 0 Å². The first-order chi connectivity index (χ1) is 10.6. The van der Waals surface area contributed by atoms with Gasteiger partial charge in [0.1, 0.15) is 5.82 Å². The molecule has 1 aromatic carbocycles. The second kappa shape index (κ2) is 8.70. The summed E-state index contributed by atoms with van der Waals surface area (Å²) in [6, 6.07) is 8.16. The van der Waals surface area contributed by atoms with Crippen molar-refractivity contribution >= 4 is 41.8 Å². The molecule has 1 aliphatic carbocycles. The number of aromatic nitrogens is 2. The molecule has 0 aliphatic heterocycles. The number of fused-ring (bicyclic) bond motifs is 1. The van der Waals surface area contributed by atoms with Crippen molar-refractivity contribution in [3.05, 3.63) is 30.1 Å². The fraction of sp³-hybridized carbons (Fsp3) is 0.529. The van der Waals surface area contributed by atoms with E-state index in [9.17, 15) is 4.79 Å². The Kier molecular flexibility index (Phi) is 7.52. The first-order valence-electron chi connectivity index (χ1n) is 8.11. The minimum Gasteiger partial charge on any atom is -0.346 e. The van der Waals surface area contributed by atoms with Gasteiger partial charge in [-0.1, -0.05) is 12.1 Å². The minimum atomic E-state index is -0.100. The van der Waals surface area contributed by atoms with Crippen LogP contribution in [0.4, 0.5) is 0 Å². The molecule has 1 aliphatic rings. The molecule has 2 aromatic rings. The summed E-state index contributed by atoms with van der Waals surface area (Å²) in [4.78, 5) is 17.1. The number of benzene rings is 1. The van der Waals surface area contributed by atoms with E-state index >= 15 is 0 Å². The Balaban J connectivity index is 0.00000144. The molecule has 1 aromatic heterocycles. The van der Waals surface area contributed by atoms with Crippen LogP contribution >= 0.6 is 24.8 Å². The Morgan fingerprint density at radius 1 is 1.38 bits per heavy atom. The van der Waals surface area contributed by atoms with Crippen LogP contribution in [0.15, 0.2) is 24.3 Å². The molecule has 1 heterocycles. The van der Waals surface area contributed by atoms with Crippen LogP contribution in [0, 0.1) is 5.92 Å². The molecule has 0 radical (unpaired) electrons. The smallest absolute Gasteiger partial charge is 0.223 e. The fourth-order valence-electron chi connectivity index (χ4n) is 3.41. The molecule has 0 spiro atoms. The summed E-state index contributed by atoms with van der Waals surface area (Å²) in [5.41, 5.74) is 8.00. The van der Waals surface area contributed by atoms with Gasteiger partial charge < -0.3 is 15.6 Å². The topological polar surface area (TPSA) is 72.9 Å².